The van der Waals surface area contributed by atoms with E-state index in [0.717, 1.165) is 16.0 Å². The third-order valence-electron chi connectivity index (χ3n) is 5.15. The van der Waals surface area contributed by atoms with Crippen LogP contribution in [0, 0.1) is 6.92 Å². The minimum absolute atomic E-state index is 0.0420. The molecular weight excluding hydrogens is 461 g/mol. The summed E-state index contributed by atoms with van der Waals surface area (Å²) in [4.78, 5) is 38.9. The first-order valence-corrected chi connectivity index (χ1v) is 10.8. The molecule has 33 heavy (non-hydrogen) atoms. The van der Waals surface area contributed by atoms with Gasteiger partial charge in [0.15, 0.2) is 0 Å². The summed E-state index contributed by atoms with van der Waals surface area (Å²) in [5.41, 5.74) is 3.08. The molecule has 0 unspecified atom stereocenters. The first-order chi connectivity index (χ1) is 15.8. The molecule has 0 aromatic heterocycles. The Hall–Kier alpha value is -3.61. The average molecular weight is 480 g/mol. The summed E-state index contributed by atoms with van der Waals surface area (Å²) in [6.45, 7) is 2.24. The molecule has 0 spiro atoms. The van der Waals surface area contributed by atoms with E-state index in [9.17, 15) is 14.4 Å². The van der Waals surface area contributed by atoms with Crippen LogP contribution in [0.3, 0.4) is 0 Å². The van der Waals surface area contributed by atoms with Gasteiger partial charge in [0.05, 0.1) is 5.69 Å². The van der Waals surface area contributed by atoms with Crippen LogP contribution in [-0.2, 0) is 16.1 Å². The van der Waals surface area contributed by atoms with Crippen molar-refractivity contribution in [1.29, 1.82) is 0 Å². The summed E-state index contributed by atoms with van der Waals surface area (Å²) >= 11 is 12.3. The van der Waals surface area contributed by atoms with Crippen LogP contribution in [0.25, 0.3) is 0 Å². The highest BCUT2D eigenvalue weighted by molar-refractivity contribution is 6.53. The third kappa shape index (κ3) is 4.77. The maximum Gasteiger partial charge on any atom is 0.283 e. The van der Waals surface area contributed by atoms with E-state index in [0.29, 0.717) is 28.5 Å². The third-order valence-corrected chi connectivity index (χ3v) is 5.91. The van der Waals surface area contributed by atoms with Crippen molar-refractivity contribution in [2.24, 2.45) is 0 Å². The molecule has 0 aliphatic carbocycles. The molecule has 4 rings (SSSR count). The van der Waals surface area contributed by atoms with Crippen molar-refractivity contribution in [1.82, 2.24) is 5.32 Å². The van der Waals surface area contributed by atoms with Crippen LogP contribution >= 0.6 is 23.2 Å². The van der Waals surface area contributed by atoms with Gasteiger partial charge in [0, 0.05) is 22.8 Å². The van der Waals surface area contributed by atoms with Gasteiger partial charge in [-0.2, -0.15) is 0 Å². The van der Waals surface area contributed by atoms with E-state index < -0.39 is 11.8 Å². The Balaban J connectivity index is 1.45. The number of rotatable bonds is 6. The molecule has 8 heteroatoms. The van der Waals surface area contributed by atoms with E-state index >= 15 is 0 Å². The minimum atomic E-state index is -0.638. The number of nitrogens with zero attached hydrogens (tertiary/aromatic N) is 1. The van der Waals surface area contributed by atoms with Gasteiger partial charge in [-0.3, -0.25) is 14.4 Å². The van der Waals surface area contributed by atoms with Crippen molar-refractivity contribution >= 4 is 52.3 Å². The van der Waals surface area contributed by atoms with Crippen molar-refractivity contribution in [3.8, 4) is 0 Å². The highest BCUT2D eigenvalue weighted by atomic mass is 35.5. The molecule has 0 fully saturated rings. The predicted octanol–water partition coefficient (Wildman–Crippen LogP) is 5.01. The Morgan fingerprint density at radius 2 is 1.61 bits per heavy atom. The molecule has 0 atom stereocenters. The second-order valence-corrected chi connectivity index (χ2v) is 8.22. The van der Waals surface area contributed by atoms with Gasteiger partial charge >= 0.3 is 0 Å². The highest BCUT2D eigenvalue weighted by Gasteiger charge is 2.39. The van der Waals surface area contributed by atoms with Crippen LogP contribution in [0.4, 0.5) is 11.4 Å². The summed E-state index contributed by atoms with van der Waals surface area (Å²) in [6.07, 6.45) is 0. The summed E-state index contributed by atoms with van der Waals surface area (Å²) in [7, 11) is 0. The van der Waals surface area contributed by atoms with Crippen molar-refractivity contribution in [3.63, 3.8) is 0 Å². The zero-order valence-electron chi connectivity index (χ0n) is 17.6. The van der Waals surface area contributed by atoms with Crippen LogP contribution in [0.2, 0.25) is 5.02 Å². The Morgan fingerprint density at radius 1 is 0.909 bits per heavy atom. The topological polar surface area (TPSA) is 78.5 Å². The highest BCUT2D eigenvalue weighted by Crippen LogP contribution is 2.32. The number of carbonyl (C=O) groups excluding carboxylic acids is 3. The molecule has 1 aliphatic rings. The number of hydrogen-bond donors (Lipinski definition) is 2. The first kappa shape index (κ1) is 22.6. The molecule has 3 aromatic carbocycles. The van der Waals surface area contributed by atoms with Crippen LogP contribution in [0.1, 0.15) is 21.5 Å². The lowest BCUT2D eigenvalue weighted by atomic mass is 10.1. The number of imide groups is 1. The summed E-state index contributed by atoms with van der Waals surface area (Å²) in [6, 6.07) is 21.0. The van der Waals surface area contributed by atoms with Gasteiger partial charge in [0.1, 0.15) is 10.7 Å². The number of carbonyl (C=O) groups is 3. The van der Waals surface area contributed by atoms with Gasteiger partial charge in [0.25, 0.3) is 17.7 Å². The molecule has 1 aliphatic heterocycles. The van der Waals surface area contributed by atoms with Crippen LogP contribution < -0.4 is 15.5 Å². The van der Waals surface area contributed by atoms with Gasteiger partial charge in [-0.15, -0.1) is 0 Å². The van der Waals surface area contributed by atoms with Gasteiger partial charge < -0.3 is 10.6 Å². The zero-order valence-corrected chi connectivity index (χ0v) is 19.1. The molecule has 1 heterocycles. The number of nitrogens with one attached hydrogen (secondary N) is 2. The number of anilines is 2. The maximum atomic E-state index is 12.9. The normalized spacial score (nSPS) is 13.5. The van der Waals surface area contributed by atoms with Gasteiger partial charge in [-0.25, -0.2) is 4.90 Å². The lowest BCUT2D eigenvalue weighted by Crippen LogP contribution is -2.32. The number of hydrogen-bond acceptors (Lipinski definition) is 4. The van der Waals surface area contributed by atoms with Gasteiger partial charge in [-0.05, 0) is 54.4 Å². The molecule has 3 aromatic rings. The largest absolute Gasteiger partial charge is 0.350 e. The standard InChI is InChI=1S/C25H19Cl2N3O3/c1-15-7-12-19(13-20(15)26)30-24(32)21(27)22(25(30)33)29-18-10-8-17(9-11-18)23(31)28-14-16-5-3-2-4-6-16/h2-13,29H,14H2,1H3,(H,28,31). The number of aryl methyl sites for hydroxylation is 1. The van der Waals surface area contributed by atoms with E-state index in [2.05, 4.69) is 10.6 Å². The first-order valence-electron chi connectivity index (χ1n) is 10.1. The fraction of sp³-hybridized carbons (Fsp3) is 0.0800. The number of benzene rings is 3. The van der Waals surface area contributed by atoms with Crippen LogP contribution in [-0.4, -0.2) is 17.7 Å². The lowest BCUT2D eigenvalue weighted by molar-refractivity contribution is -0.120. The van der Waals surface area contributed by atoms with Crippen LogP contribution in [0.15, 0.2) is 83.5 Å². The van der Waals surface area contributed by atoms with Crippen molar-refractivity contribution in [3.05, 3.63) is 105 Å². The fourth-order valence-electron chi connectivity index (χ4n) is 3.30. The summed E-state index contributed by atoms with van der Waals surface area (Å²) in [5.74, 6) is -1.45. The molecular formula is C25H19Cl2N3O3. The minimum Gasteiger partial charge on any atom is -0.350 e. The molecule has 0 saturated carbocycles. The molecule has 166 valence electrons. The Kier molecular flexibility index (Phi) is 6.49. The Labute approximate surface area is 200 Å². The van der Waals surface area contributed by atoms with Gasteiger partial charge in [0.2, 0.25) is 0 Å². The summed E-state index contributed by atoms with van der Waals surface area (Å²) < 4.78 is 0. The van der Waals surface area contributed by atoms with Crippen LogP contribution in [0.5, 0.6) is 0 Å². The quantitative estimate of drug-likeness (QED) is 0.486. The maximum absolute atomic E-state index is 12.9. The number of amides is 3. The fourth-order valence-corrected chi connectivity index (χ4v) is 3.68. The lowest BCUT2D eigenvalue weighted by Gasteiger charge is -2.16. The molecule has 2 N–H and O–H groups in total. The SMILES string of the molecule is Cc1ccc(N2C(=O)C(Cl)=C(Nc3ccc(C(=O)NCc4ccccc4)cc3)C2=O)cc1Cl. The molecule has 3 amide bonds. The molecule has 6 nitrogen and oxygen atoms in total. The molecule has 0 radical (unpaired) electrons. The van der Waals surface area contributed by atoms with Crippen molar-refractivity contribution < 1.29 is 14.4 Å². The van der Waals surface area contributed by atoms with E-state index in [-0.39, 0.29) is 16.6 Å². The van der Waals surface area contributed by atoms with E-state index in [4.69, 9.17) is 23.2 Å². The van der Waals surface area contributed by atoms with E-state index in [1.165, 1.54) is 0 Å². The number of halogens is 2. The average Bonchev–Trinajstić information content (AvgIpc) is 3.03. The monoisotopic (exact) mass is 479 g/mol. The second-order valence-electron chi connectivity index (χ2n) is 7.44. The van der Waals surface area contributed by atoms with Gasteiger partial charge in [-0.1, -0.05) is 59.6 Å². The van der Waals surface area contributed by atoms with Crippen molar-refractivity contribution in [2.75, 3.05) is 10.2 Å². The summed E-state index contributed by atoms with van der Waals surface area (Å²) in [5, 5.41) is 5.96. The van der Waals surface area contributed by atoms with Crippen molar-refractivity contribution in [2.45, 2.75) is 13.5 Å². The Bertz CT molecular complexity index is 1270. The molecule has 0 bridgehead atoms. The predicted molar refractivity (Wildman–Crippen MR) is 129 cm³/mol. The zero-order chi connectivity index (χ0) is 23.5. The smallest absolute Gasteiger partial charge is 0.283 e. The second kappa shape index (κ2) is 9.48. The van der Waals surface area contributed by atoms with E-state index in [1.54, 1.807) is 42.5 Å². The Morgan fingerprint density at radius 3 is 2.27 bits per heavy atom. The molecule has 0 saturated heterocycles. The van der Waals surface area contributed by atoms with E-state index in [1.807, 2.05) is 37.3 Å².